The van der Waals surface area contributed by atoms with Crippen molar-refractivity contribution in [3.63, 3.8) is 0 Å². The van der Waals surface area contributed by atoms with Crippen molar-refractivity contribution in [1.82, 2.24) is 14.6 Å². The van der Waals surface area contributed by atoms with E-state index in [2.05, 4.69) is 39.9 Å². The normalized spacial score (nSPS) is 15.8. The van der Waals surface area contributed by atoms with Gasteiger partial charge in [0, 0.05) is 36.5 Å². The summed E-state index contributed by atoms with van der Waals surface area (Å²) in [5.41, 5.74) is 3.25. The molecule has 6 nitrogen and oxygen atoms in total. The molecule has 0 spiro atoms. The highest BCUT2D eigenvalue weighted by Gasteiger charge is 2.32. The molecule has 1 fully saturated rings. The molecule has 0 saturated carbocycles. The summed E-state index contributed by atoms with van der Waals surface area (Å²) in [6.45, 7) is 3.34. The van der Waals surface area contributed by atoms with Gasteiger partial charge in [0.1, 0.15) is 4.21 Å². The Balaban J connectivity index is 1.23. The van der Waals surface area contributed by atoms with Crippen LogP contribution in [0.1, 0.15) is 23.4 Å². The van der Waals surface area contributed by atoms with Gasteiger partial charge in [-0.05, 0) is 43.2 Å². The maximum absolute atomic E-state index is 12.6. The van der Waals surface area contributed by atoms with E-state index in [1.54, 1.807) is 28.8 Å². The smallest absolute Gasteiger partial charge is 0.252 e. The Kier molecular flexibility index (Phi) is 6.86. The second kappa shape index (κ2) is 9.60. The zero-order valence-electron chi connectivity index (χ0n) is 17.3. The van der Waals surface area contributed by atoms with Gasteiger partial charge in [-0.25, -0.2) is 13.4 Å². The molecule has 2 aromatic heterocycles. The first-order chi connectivity index (χ1) is 14.9. The fraction of sp³-hybridized carbons (Fsp3) is 0.364. The molecule has 3 heterocycles. The molecule has 9 heteroatoms. The molecule has 0 aliphatic carbocycles. The lowest BCUT2D eigenvalue weighted by Gasteiger charge is -2.30. The van der Waals surface area contributed by atoms with E-state index in [4.69, 9.17) is 0 Å². The van der Waals surface area contributed by atoms with Crippen LogP contribution in [-0.2, 0) is 21.2 Å². The number of sulfonamides is 1. The van der Waals surface area contributed by atoms with Gasteiger partial charge in [0.05, 0.1) is 10.7 Å². The van der Waals surface area contributed by atoms with Gasteiger partial charge in [-0.15, -0.1) is 22.7 Å². The third-order valence-corrected chi connectivity index (χ3v) is 9.54. The Labute approximate surface area is 191 Å². The minimum Gasteiger partial charge on any atom is -0.356 e. The van der Waals surface area contributed by atoms with Crippen LogP contribution in [0.5, 0.6) is 0 Å². The van der Waals surface area contributed by atoms with Crippen LogP contribution in [0.25, 0.3) is 11.3 Å². The number of piperidine rings is 1. The molecule has 1 aromatic carbocycles. The van der Waals surface area contributed by atoms with E-state index in [0.717, 1.165) is 28.2 Å². The Hall–Kier alpha value is -2.07. The summed E-state index contributed by atoms with van der Waals surface area (Å²) in [5.74, 6) is -0.118. The number of nitrogens with zero attached hydrogens (tertiary/aromatic N) is 2. The topological polar surface area (TPSA) is 79.4 Å². The molecule has 164 valence electrons. The average Bonchev–Trinajstić information content (AvgIpc) is 3.47. The van der Waals surface area contributed by atoms with Crippen molar-refractivity contribution in [3.05, 3.63) is 57.7 Å². The van der Waals surface area contributed by atoms with Crippen LogP contribution in [0.3, 0.4) is 0 Å². The fourth-order valence-electron chi connectivity index (χ4n) is 3.71. The first-order valence-electron chi connectivity index (χ1n) is 10.3. The van der Waals surface area contributed by atoms with Gasteiger partial charge in [-0.1, -0.05) is 30.3 Å². The van der Waals surface area contributed by atoms with Crippen LogP contribution in [0.4, 0.5) is 0 Å². The minimum atomic E-state index is -3.43. The lowest BCUT2D eigenvalue weighted by atomic mass is 9.97. The fourth-order valence-corrected chi connectivity index (χ4v) is 6.94. The first-order valence-corrected chi connectivity index (χ1v) is 13.5. The van der Waals surface area contributed by atoms with E-state index in [-0.39, 0.29) is 11.8 Å². The quantitative estimate of drug-likeness (QED) is 0.561. The van der Waals surface area contributed by atoms with Crippen LogP contribution >= 0.6 is 22.7 Å². The number of aryl methyl sites for hydroxylation is 1. The van der Waals surface area contributed by atoms with E-state index in [0.29, 0.717) is 36.7 Å². The van der Waals surface area contributed by atoms with Crippen LogP contribution in [0.15, 0.2) is 51.4 Å². The number of aromatic nitrogens is 1. The molecule has 0 atom stereocenters. The SMILES string of the molecule is Cc1nc(-c2ccc(CCNC(=O)C3CCN(S(=O)(=O)c4cccs4)CC3)cc2)cs1. The summed E-state index contributed by atoms with van der Waals surface area (Å²) >= 11 is 2.87. The molecule has 1 N–H and O–H groups in total. The maximum Gasteiger partial charge on any atom is 0.252 e. The predicted octanol–water partition coefficient (Wildman–Crippen LogP) is 3.94. The lowest BCUT2D eigenvalue weighted by Crippen LogP contribution is -2.43. The molecule has 1 amide bonds. The van der Waals surface area contributed by atoms with Crippen LogP contribution in [0, 0.1) is 12.8 Å². The molecule has 0 bridgehead atoms. The maximum atomic E-state index is 12.6. The van der Waals surface area contributed by atoms with Crippen molar-refractivity contribution in [2.75, 3.05) is 19.6 Å². The van der Waals surface area contributed by atoms with Crippen molar-refractivity contribution in [2.24, 2.45) is 5.92 Å². The summed E-state index contributed by atoms with van der Waals surface area (Å²) < 4.78 is 27.1. The minimum absolute atomic E-state index is 0.0164. The monoisotopic (exact) mass is 475 g/mol. The Morgan fingerprint density at radius 3 is 2.52 bits per heavy atom. The van der Waals surface area contributed by atoms with Gasteiger partial charge in [0.15, 0.2) is 0 Å². The van der Waals surface area contributed by atoms with Gasteiger partial charge in [-0.3, -0.25) is 4.79 Å². The van der Waals surface area contributed by atoms with E-state index < -0.39 is 10.0 Å². The highest BCUT2D eigenvalue weighted by molar-refractivity contribution is 7.91. The lowest BCUT2D eigenvalue weighted by molar-refractivity contribution is -0.126. The number of carbonyl (C=O) groups is 1. The molecule has 1 aliphatic rings. The number of benzene rings is 1. The zero-order valence-corrected chi connectivity index (χ0v) is 19.7. The largest absolute Gasteiger partial charge is 0.356 e. The van der Waals surface area contributed by atoms with Crippen LogP contribution in [0.2, 0.25) is 0 Å². The number of nitrogens with one attached hydrogen (secondary N) is 1. The highest BCUT2D eigenvalue weighted by atomic mass is 32.2. The summed E-state index contributed by atoms with van der Waals surface area (Å²) in [7, 11) is -3.43. The van der Waals surface area contributed by atoms with Crippen molar-refractivity contribution < 1.29 is 13.2 Å². The Bertz CT molecular complexity index is 1110. The molecule has 0 radical (unpaired) electrons. The second-order valence-electron chi connectivity index (χ2n) is 7.60. The number of thiazole rings is 1. The predicted molar refractivity (Wildman–Crippen MR) is 125 cm³/mol. The number of hydrogen-bond donors (Lipinski definition) is 1. The number of amides is 1. The summed E-state index contributed by atoms with van der Waals surface area (Å²) in [4.78, 5) is 17.0. The summed E-state index contributed by atoms with van der Waals surface area (Å²) in [6.07, 6.45) is 1.87. The van der Waals surface area contributed by atoms with Crippen LogP contribution < -0.4 is 5.32 Å². The van der Waals surface area contributed by atoms with Gasteiger partial charge in [0.2, 0.25) is 5.91 Å². The zero-order chi connectivity index (χ0) is 21.8. The second-order valence-corrected chi connectivity index (χ2v) is 11.8. The third-order valence-electron chi connectivity index (χ3n) is 5.50. The van der Waals surface area contributed by atoms with Gasteiger partial charge in [0.25, 0.3) is 10.0 Å². The van der Waals surface area contributed by atoms with E-state index in [9.17, 15) is 13.2 Å². The Morgan fingerprint density at radius 1 is 1.16 bits per heavy atom. The standard InChI is InChI=1S/C22H25N3O3S3/c1-16-24-20(15-30-16)18-6-4-17(5-7-18)8-11-23-22(26)19-9-12-25(13-10-19)31(27,28)21-3-2-14-29-21/h2-7,14-15,19H,8-13H2,1H3,(H,23,26). The number of carbonyl (C=O) groups excluding carboxylic acids is 1. The summed E-state index contributed by atoms with van der Waals surface area (Å²) in [6, 6.07) is 11.6. The molecule has 3 aromatic rings. The van der Waals surface area contributed by atoms with Crippen LogP contribution in [-0.4, -0.2) is 43.2 Å². The van der Waals surface area contributed by atoms with Crippen molar-refractivity contribution in [1.29, 1.82) is 0 Å². The Morgan fingerprint density at radius 2 is 1.90 bits per heavy atom. The molecule has 31 heavy (non-hydrogen) atoms. The number of thiophene rings is 1. The van der Waals surface area contributed by atoms with Gasteiger partial charge >= 0.3 is 0 Å². The molecule has 1 saturated heterocycles. The number of hydrogen-bond acceptors (Lipinski definition) is 6. The molecule has 4 rings (SSSR count). The van der Waals surface area contributed by atoms with E-state index >= 15 is 0 Å². The van der Waals surface area contributed by atoms with Gasteiger partial charge < -0.3 is 5.32 Å². The van der Waals surface area contributed by atoms with Crippen molar-refractivity contribution >= 4 is 38.6 Å². The number of rotatable bonds is 7. The van der Waals surface area contributed by atoms with Crippen molar-refractivity contribution in [3.8, 4) is 11.3 Å². The molecular weight excluding hydrogens is 450 g/mol. The molecular formula is C22H25N3O3S3. The third kappa shape index (κ3) is 5.23. The molecule has 0 unspecified atom stereocenters. The molecule has 1 aliphatic heterocycles. The highest BCUT2D eigenvalue weighted by Crippen LogP contribution is 2.26. The summed E-state index contributed by atoms with van der Waals surface area (Å²) in [5, 5.41) is 7.89. The van der Waals surface area contributed by atoms with Crippen molar-refractivity contribution in [2.45, 2.75) is 30.4 Å². The first kappa shape index (κ1) is 22.1. The van der Waals surface area contributed by atoms with E-state index in [1.165, 1.54) is 15.6 Å². The average molecular weight is 476 g/mol. The van der Waals surface area contributed by atoms with E-state index in [1.807, 2.05) is 6.92 Å². The van der Waals surface area contributed by atoms with Gasteiger partial charge in [-0.2, -0.15) is 4.31 Å².